The molecule has 1 N–H and O–H groups in total. The van der Waals surface area contributed by atoms with Gasteiger partial charge in [0.25, 0.3) is 10.0 Å². The largest absolute Gasteiger partial charge is 0.495 e. The van der Waals surface area contributed by atoms with Crippen molar-refractivity contribution >= 4 is 50.7 Å². The maximum absolute atomic E-state index is 13.9. The normalized spacial score (nSPS) is 11.9. The SMILES string of the molecule is CC[C@H](C(=O)NC)N(Cc1ccccc1Cl)C(=O)CN(c1cc(Cl)ccc1OC)S(=O)(=O)c1ccccc1. The number of anilines is 1. The molecule has 0 spiro atoms. The molecule has 8 nitrogen and oxygen atoms in total. The molecular weight excluding hydrogens is 549 g/mol. The molecule has 3 aromatic carbocycles. The van der Waals surface area contributed by atoms with E-state index >= 15 is 0 Å². The van der Waals surface area contributed by atoms with Crippen molar-refractivity contribution in [2.24, 2.45) is 0 Å². The van der Waals surface area contributed by atoms with Crippen LogP contribution < -0.4 is 14.4 Å². The van der Waals surface area contributed by atoms with E-state index in [4.69, 9.17) is 27.9 Å². The van der Waals surface area contributed by atoms with Crippen LogP contribution in [-0.2, 0) is 26.2 Å². The van der Waals surface area contributed by atoms with E-state index in [2.05, 4.69) is 5.32 Å². The smallest absolute Gasteiger partial charge is 0.264 e. The molecule has 0 aromatic heterocycles. The quantitative estimate of drug-likeness (QED) is 0.354. The zero-order valence-electron chi connectivity index (χ0n) is 21.2. The molecule has 0 unspecified atom stereocenters. The number of sulfonamides is 1. The van der Waals surface area contributed by atoms with Crippen LogP contribution in [-0.4, -0.2) is 51.9 Å². The molecule has 202 valence electrons. The maximum atomic E-state index is 13.9. The van der Waals surface area contributed by atoms with E-state index in [1.165, 1.54) is 43.3 Å². The first-order chi connectivity index (χ1) is 18.1. The molecule has 0 saturated carbocycles. The number of halogens is 2. The molecule has 1 atom stereocenters. The number of carbonyl (C=O) groups is 2. The average Bonchev–Trinajstić information content (AvgIpc) is 2.92. The standard InChI is InChI=1S/C27H29Cl2N3O5S/c1-4-23(27(34)30-2)31(17-19-10-8-9-13-22(19)29)26(33)18-32(24-16-20(28)14-15-25(24)37-3)38(35,36)21-11-6-5-7-12-21/h5-16,23H,4,17-18H2,1-3H3,(H,30,34)/t23-/m1/s1. The first kappa shape index (κ1) is 29.3. The van der Waals surface area contributed by atoms with Gasteiger partial charge in [0.15, 0.2) is 0 Å². The molecule has 0 aliphatic carbocycles. The van der Waals surface area contributed by atoms with Crippen molar-refractivity contribution in [3.63, 3.8) is 0 Å². The van der Waals surface area contributed by atoms with E-state index in [0.717, 1.165) is 4.31 Å². The highest BCUT2D eigenvalue weighted by molar-refractivity contribution is 7.92. The van der Waals surface area contributed by atoms with Gasteiger partial charge >= 0.3 is 0 Å². The highest BCUT2D eigenvalue weighted by atomic mass is 35.5. The minimum absolute atomic E-state index is 0.00363. The Balaban J connectivity index is 2.13. The van der Waals surface area contributed by atoms with Crippen molar-refractivity contribution in [2.45, 2.75) is 30.8 Å². The van der Waals surface area contributed by atoms with Crippen molar-refractivity contribution in [2.75, 3.05) is 25.0 Å². The van der Waals surface area contributed by atoms with Gasteiger partial charge in [-0.05, 0) is 48.4 Å². The summed E-state index contributed by atoms with van der Waals surface area (Å²) in [6, 6.07) is 18.3. The summed E-state index contributed by atoms with van der Waals surface area (Å²) in [7, 11) is -1.38. The number of hydrogen-bond donors (Lipinski definition) is 1. The fourth-order valence-electron chi connectivity index (χ4n) is 3.99. The molecule has 0 heterocycles. The van der Waals surface area contributed by atoms with E-state index in [9.17, 15) is 18.0 Å². The lowest BCUT2D eigenvalue weighted by Gasteiger charge is -2.33. The third kappa shape index (κ3) is 6.59. The predicted octanol–water partition coefficient (Wildman–Crippen LogP) is 4.75. The first-order valence-corrected chi connectivity index (χ1v) is 14.0. The Morgan fingerprint density at radius 1 is 1.00 bits per heavy atom. The summed E-state index contributed by atoms with van der Waals surface area (Å²) >= 11 is 12.6. The van der Waals surface area contributed by atoms with Gasteiger partial charge < -0.3 is 15.0 Å². The Bertz CT molecular complexity index is 1390. The summed E-state index contributed by atoms with van der Waals surface area (Å²) in [4.78, 5) is 28.0. The third-order valence-corrected chi connectivity index (χ3v) is 8.33. The minimum Gasteiger partial charge on any atom is -0.495 e. The second-order valence-electron chi connectivity index (χ2n) is 8.29. The molecule has 0 fully saturated rings. The van der Waals surface area contributed by atoms with Gasteiger partial charge in [-0.25, -0.2) is 8.42 Å². The summed E-state index contributed by atoms with van der Waals surface area (Å²) in [6.45, 7) is 1.15. The Morgan fingerprint density at radius 2 is 1.66 bits per heavy atom. The summed E-state index contributed by atoms with van der Waals surface area (Å²) < 4.78 is 34.1. The van der Waals surface area contributed by atoms with Crippen molar-refractivity contribution in [3.8, 4) is 5.75 Å². The molecule has 0 bridgehead atoms. The van der Waals surface area contributed by atoms with Crippen molar-refractivity contribution in [1.29, 1.82) is 0 Å². The van der Waals surface area contributed by atoms with Crippen LogP contribution >= 0.6 is 23.2 Å². The van der Waals surface area contributed by atoms with E-state index in [1.807, 2.05) is 0 Å². The van der Waals surface area contributed by atoms with Crippen LogP contribution in [0.4, 0.5) is 5.69 Å². The van der Waals surface area contributed by atoms with Gasteiger partial charge in [0.05, 0.1) is 17.7 Å². The lowest BCUT2D eigenvalue weighted by molar-refractivity contribution is -0.140. The number of carbonyl (C=O) groups excluding carboxylic acids is 2. The Labute approximate surface area is 233 Å². The molecule has 3 rings (SSSR count). The second-order valence-corrected chi connectivity index (χ2v) is 11.0. The van der Waals surface area contributed by atoms with E-state index in [-0.39, 0.29) is 33.8 Å². The molecular formula is C27H29Cl2N3O5S. The number of amides is 2. The van der Waals surface area contributed by atoms with Gasteiger partial charge in [-0.3, -0.25) is 13.9 Å². The number of ether oxygens (including phenoxy) is 1. The zero-order valence-corrected chi connectivity index (χ0v) is 23.6. The van der Waals surface area contributed by atoms with Gasteiger partial charge in [0, 0.05) is 23.6 Å². The topological polar surface area (TPSA) is 96.0 Å². The molecule has 0 radical (unpaired) electrons. The number of benzene rings is 3. The van der Waals surface area contributed by atoms with Crippen LogP contribution in [0.1, 0.15) is 18.9 Å². The molecule has 0 aliphatic rings. The van der Waals surface area contributed by atoms with Crippen LogP contribution in [0.2, 0.25) is 10.0 Å². The maximum Gasteiger partial charge on any atom is 0.264 e. The number of likely N-dealkylation sites (N-methyl/N-ethyl adjacent to an activating group) is 1. The number of methoxy groups -OCH3 is 1. The zero-order chi connectivity index (χ0) is 27.9. The summed E-state index contributed by atoms with van der Waals surface area (Å²) in [5, 5.41) is 3.26. The van der Waals surface area contributed by atoms with Crippen molar-refractivity contribution in [3.05, 3.63) is 88.4 Å². The Kier molecular flexibility index (Phi) is 10.0. The van der Waals surface area contributed by atoms with Crippen molar-refractivity contribution < 1.29 is 22.7 Å². The fraction of sp³-hybridized carbons (Fsp3) is 0.259. The van der Waals surface area contributed by atoms with Gasteiger partial charge in [0.2, 0.25) is 11.8 Å². The number of nitrogens with one attached hydrogen (secondary N) is 1. The van der Waals surface area contributed by atoms with Crippen LogP contribution in [0.15, 0.2) is 77.7 Å². The Morgan fingerprint density at radius 3 is 2.26 bits per heavy atom. The lowest BCUT2D eigenvalue weighted by atomic mass is 10.1. The monoisotopic (exact) mass is 577 g/mol. The summed E-state index contributed by atoms with van der Waals surface area (Å²) in [5.41, 5.74) is 0.700. The van der Waals surface area contributed by atoms with Gasteiger partial charge in [0.1, 0.15) is 18.3 Å². The fourth-order valence-corrected chi connectivity index (χ4v) is 5.79. The van der Waals surface area contributed by atoms with Gasteiger partial charge in [-0.2, -0.15) is 0 Å². The summed E-state index contributed by atoms with van der Waals surface area (Å²) in [6.07, 6.45) is 0.293. The van der Waals surface area contributed by atoms with Crippen LogP contribution in [0.3, 0.4) is 0 Å². The second kappa shape index (κ2) is 13.0. The number of nitrogens with zero attached hydrogens (tertiary/aromatic N) is 2. The van der Waals surface area contributed by atoms with Crippen LogP contribution in [0, 0.1) is 0 Å². The molecule has 0 saturated heterocycles. The number of hydrogen-bond acceptors (Lipinski definition) is 5. The highest BCUT2D eigenvalue weighted by Gasteiger charge is 2.34. The first-order valence-electron chi connectivity index (χ1n) is 11.8. The average molecular weight is 579 g/mol. The van der Waals surface area contributed by atoms with Crippen LogP contribution in [0.25, 0.3) is 0 Å². The molecule has 3 aromatic rings. The lowest BCUT2D eigenvalue weighted by Crippen LogP contribution is -2.51. The minimum atomic E-state index is -4.25. The van der Waals surface area contributed by atoms with Gasteiger partial charge in [-0.1, -0.05) is 66.5 Å². The molecule has 0 aliphatic heterocycles. The molecule has 2 amide bonds. The Hall–Kier alpha value is -3.27. The summed E-state index contributed by atoms with van der Waals surface area (Å²) in [5.74, 6) is -0.787. The number of rotatable bonds is 11. The van der Waals surface area contributed by atoms with E-state index in [1.54, 1.807) is 55.5 Å². The van der Waals surface area contributed by atoms with Gasteiger partial charge in [-0.15, -0.1) is 0 Å². The van der Waals surface area contributed by atoms with E-state index < -0.39 is 28.5 Å². The van der Waals surface area contributed by atoms with Crippen molar-refractivity contribution in [1.82, 2.24) is 10.2 Å². The predicted molar refractivity (Wildman–Crippen MR) is 149 cm³/mol. The molecule has 11 heteroatoms. The van der Waals surface area contributed by atoms with E-state index in [0.29, 0.717) is 17.0 Å². The highest BCUT2D eigenvalue weighted by Crippen LogP contribution is 2.35. The molecule has 38 heavy (non-hydrogen) atoms. The third-order valence-electron chi connectivity index (χ3n) is 5.95. The van der Waals surface area contributed by atoms with Crippen LogP contribution in [0.5, 0.6) is 5.75 Å².